The van der Waals surface area contributed by atoms with Crippen molar-refractivity contribution in [2.24, 2.45) is 0 Å². The van der Waals surface area contributed by atoms with Gasteiger partial charge in [-0.1, -0.05) is 72.8 Å². The summed E-state index contributed by atoms with van der Waals surface area (Å²) in [6.07, 6.45) is 6.51. The zero-order valence-corrected chi connectivity index (χ0v) is 26.3. The Morgan fingerprint density at radius 1 is 0.708 bits per heavy atom. The summed E-state index contributed by atoms with van der Waals surface area (Å²) in [6.45, 7) is 1.54. The van der Waals surface area contributed by atoms with E-state index in [-0.39, 0.29) is 17.0 Å². The summed E-state index contributed by atoms with van der Waals surface area (Å²) in [5, 5.41) is 0.631. The van der Waals surface area contributed by atoms with E-state index in [0.29, 0.717) is 42.0 Å². The highest BCUT2D eigenvalue weighted by molar-refractivity contribution is 5.94. The zero-order chi connectivity index (χ0) is 33.3. The lowest BCUT2D eigenvalue weighted by atomic mass is 10.1. The van der Waals surface area contributed by atoms with Gasteiger partial charge in [-0.15, -0.1) is 0 Å². The van der Waals surface area contributed by atoms with Crippen molar-refractivity contribution >= 4 is 16.8 Å². The fourth-order valence-electron chi connectivity index (χ4n) is 5.22. The van der Waals surface area contributed by atoms with Gasteiger partial charge in [-0.25, -0.2) is 9.97 Å². The molecule has 0 spiro atoms. The summed E-state index contributed by atoms with van der Waals surface area (Å²) in [5.74, 6) is 0.563. The van der Waals surface area contributed by atoms with Crippen molar-refractivity contribution in [2.75, 3.05) is 7.05 Å². The number of amides is 1. The van der Waals surface area contributed by atoms with E-state index in [4.69, 9.17) is 4.42 Å². The second-order valence-electron chi connectivity index (χ2n) is 11.2. The molecule has 0 aliphatic carbocycles. The maximum atomic E-state index is 12.5. The average Bonchev–Trinajstić information content (AvgIpc) is 3.67. The van der Waals surface area contributed by atoms with Crippen LogP contribution in [0.3, 0.4) is 0 Å². The molecule has 48 heavy (non-hydrogen) atoms. The largest absolute Gasteiger partial charge is 0.445 e. The number of carbonyl (C=O) groups is 1. The SMILES string of the molecule is CN(Cc1ccccc1)C(=O)c1ccc(Cn2ccccc2=O)cc1.O=c1c2ccccc2ncn1Cc1ccc(-c2ncco2)cc1. The van der Waals surface area contributed by atoms with E-state index < -0.39 is 0 Å². The summed E-state index contributed by atoms with van der Waals surface area (Å²) in [4.78, 5) is 46.9. The first-order valence-corrected chi connectivity index (χ1v) is 15.4. The first-order chi connectivity index (χ1) is 23.4. The van der Waals surface area contributed by atoms with E-state index in [0.717, 1.165) is 22.3 Å². The Hall–Kier alpha value is -6.35. The molecule has 0 bridgehead atoms. The van der Waals surface area contributed by atoms with Crippen LogP contribution in [0, 0.1) is 0 Å². The van der Waals surface area contributed by atoms with Crippen molar-refractivity contribution in [3.63, 3.8) is 0 Å². The zero-order valence-electron chi connectivity index (χ0n) is 26.3. The first kappa shape index (κ1) is 31.6. The fourth-order valence-corrected chi connectivity index (χ4v) is 5.22. The lowest BCUT2D eigenvalue weighted by Crippen LogP contribution is -2.26. The summed E-state index contributed by atoms with van der Waals surface area (Å²) < 4.78 is 8.52. The van der Waals surface area contributed by atoms with Crippen LogP contribution in [-0.2, 0) is 19.6 Å². The number of carbonyl (C=O) groups excluding carboxylic acids is 1. The Balaban J connectivity index is 0.000000168. The van der Waals surface area contributed by atoms with E-state index in [9.17, 15) is 14.4 Å². The van der Waals surface area contributed by atoms with Crippen molar-refractivity contribution in [3.05, 3.63) is 189 Å². The Kier molecular flexibility index (Phi) is 9.77. The molecule has 3 aromatic heterocycles. The molecule has 0 atom stereocenters. The Morgan fingerprint density at radius 2 is 1.38 bits per heavy atom. The minimum absolute atomic E-state index is 0.0210. The van der Waals surface area contributed by atoms with Gasteiger partial charge in [-0.3, -0.25) is 19.0 Å². The van der Waals surface area contributed by atoms with E-state index >= 15 is 0 Å². The van der Waals surface area contributed by atoms with E-state index in [1.165, 1.54) is 6.07 Å². The van der Waals surface area contributed by atoms with Gasteiger partial charge in [-0.05, 0) is 59.2 Å². The van der Waals surface area contributed by atoms with Crippen LogP contribution < -0.4 is 11.1 Å². The third kappa shape index (κ3) is 7.71. The quantitative estimate of drug-likeness (QED) is 0.195. The number of fused-ring (bicyclic) bond motifs is 1. The molecule has 9 heteroatoms. The molecular weight excluding hydrogens is 602 g/mol. The molecule has 9 nitrogen and oxygen atoms in total. The van der Waals surface area contributed by atoms with Gasteiger partial charge in [0.2, 0.25) is 5.89 Å². The summed E-state index contributed by atoms with van der Waals surface area (Å²) >= 11 is 0. The van der Waals surface area contributed by atoms with Crippen LogP contribution in [0.1, 0.15) is 27.0 Å². The number of hydrogen-bond acceptors (Lipinski definition) is 6. The van der Waals surface area contributed by atoms with Crippen LogP contribution in [0.4, 0.5) is 0 Å². The number of para-hydroxylation sites is 1. The van der Waals surface area contributed by atoms with Crippen molar-refractivity contribution in [2.45, 2.75) is 19.6 Å². The lowest BCUT2D eigenvalue weighted by Gasteiger charge is -2.17. The van der Waals surface area contributed by atoms with Crippen molar-refractivity contribution in [3.8, 4) is 11.5 Å². The molecule has 7 aromatic rings. The van der Waals surface area contributed by atoms with Gasteiger partial charge in [-0.2, -0.15) is 0 Å². The number of aromatic nitrogens is 4. The maximum absolute atomic E-state index is 12.5. The predicted molar refractivity (Wildman–Crippen MR) is 186 cm³/mol. The van der Waals surface area contributed by atoms with Crippen molar-refractivity contribution in [1.29, 1.82) is 0 Å². The molecule has 0 N–H and O–H groups in total. The second kappa shape index (κ2) is 14.8. The Bertz CT molecular complexity index is 2220. The fraction of sp³-hybridized carbons (Fsp3) is 0.103. The van der Waals surface area contributed by atoms with Crippen LogP contribution in [0.25, 0.3) is 22.4 Å². The Labute approximate surface area is 277 Å². The topological polar surface area (TPSA) is 103 Å². The molecule has 0 aliphatic heterocycles. The van der Waals surface area contributed by atoms with Crippen LogP contribution in [0.15, 0.2) is 160 Å². The molecule has 7 rings (SSSR count). The monoisotopic (exact) mass is 635 g/mol. The normalized spacial score (nSPS) is 10.7. The third-order valence-electron chi connectivity index (χ3n) is 7.78. The molecule has 238 valence electrons. The molecule has 0 fully saturated rings. The van der Waals surface area contributed by atoms with Crippen LogP contribution >= 0.6 is 0 Å². The van der Waals surface area contributed by atoms with Gasteiger partial charge >= 0.3 is 0 Å². The minimum atomic E-state index is -0.0368. The maximum Gasteiger partial charge on any atom is 0.261 e. The molecule has 0 saturated heterocycles. The van der Waals surface area contributed by atoms with E-state index in [2.05, 4.69) is 9.97 Å². The number of nitrogens with zero attached hydrogens (tertiary/aromatic N) is 5. The van der Waals surface area contributed by atoms with Crippen LogP contribution in [0.2, 0.25) is 0 Å². The third-order valence-corrected chi connectivity index (χ3v) is 7.78. The lowest BCUT2D eigenvalue weighted by molar-refractivity contribution is 0.0785. The molecule has 0 unspecified atom stereocenters. The van der Waals surface area contributed by atoms with Crippen LogP contribution in [-0.4, -0.2) is 37.0 Å². The number of hydrogen-bond donors (Lipinski definition) is 0. The molecule has 1 amide bonds. The van der Waals surface area contributed by atoms with Gasteiger partial charge in [0, 0.05) is 37.0 Å². The number of benzene rings is 4. The molecule has 0 aliphatic rings. The Morgan fingerprint density at radius 3 is 2.08 bits per heavy atom. The van der Waals surface area contributed by atoms with Gasteiger partial charge in [0.1, 0.15) is 6.26 Å². The highest BCUT2D eigenvalue weighted by atomic mass is 16.3. The molecular formula is C39H33N5O4. The number of oxazole rings is 1. The van der Waals surface area contributed by atoms with Crippen molar-refractivity contribution < 1.29 is 9.21 Å². The first-order valence-electron chi connectivity index (χ1n) is 15.4. The van der Waals surface area contributed by atoms with Crippen LogP contribution in [0.5, 0.6) is 0 Å². The molecule has 0 radical (unpaired) electrons. The summed E-state index contributed by atoms with van der Waals surface area (Å²) in [5.41, 5.74) is 5.28. The summed E-state index contributed by atoms with van der Waals surface area (Å²) in [6, 6.07) is 37.5. The molecule has 0 saturated carbocycles. The average molecular weight is 636 g/mol. The molecule has 3 heterocycles. The summed E-state index contributed by atoms with van der Waals surface area (Å²) in [7, 11) is 1.80. The number of rotatable bonds is 8. The van der Waals surface area contributed by atoms with Gasteiger partial charge in [0.15, 0.2) is 0 Å². The minimum Gasteiger partial charge on any atom is -0.445 e. The van der Waals surface area contributed by atoms with Crippen molar-refractivity contribution in [1.82, 2.24) is 24.0 Å². The van der Waals surface area contributed by atoms with Gasteiger partial charge < -0.3 is 13.9 Å². The van der Waals surface area contributed by atoms with E-state index in [1.807, 2.05) is 103 Å². The second-order valence-corrected chi connectivity index (χ2v) is 11.2. The van der Waals surface area contributed by atoms with E-state index in [1.54, 1.807) is 58.2 Å². The smallest absolute Gasteiger partial charge is 0.261 e. The predicted octanol–water partition coefficient (Wildman–Crippen LogP) is 6.27. The highest BCUT2D eigenvalue weighted by Crippen LogP contribution is 2.18. The van der Waals surface area contributed by atoms with Gasteiger partial charge in [0.25, 0.3) is 17.0 Å². The number of pyridine rings is 1. The molecule has 4 aromatic carbocycles. The highest BCUT2D eigenvalue weighted by Gasteiger charge is 2.12. The van der Waals surface area contributed by atoms with Gasteiger partial charge in [0.05, 0.1) is 36.5 Å². The standard InChI is InChI=1S/C21H20N2O2.C18H13N3O2/c1-22(15-17-7-3-2-4-8-17)21(25)19-12-10-18(11-13-19)16-23-14-6-5-9-20(23)24;22-18-15-3-1-2-4-16(15)20-12-21(18)11-13-5-7-14(8-6-13)17-19-9-10-23-17/h2-14H,15-16H2,1H3;1-10,12H,11H2.